The van der Waals surface area contributed by atoms with E-state index in [-0.39, 0.29) is 17.1 Å². The van der Waals surface area contributed by atoms with Crippen LogP contribution >= 0.6 is 0 Å². The Morgan fingerprint density at radius 1 is 1.35 bits per heavy atom. The van der Waals surface area contributed by atoms with Gasteiger partial charge in [-0.1, -0.05) is 25.9 Å². The van der Waals surface area contributed by atoms with Gasteiger partial charge in [0, 0.05) is 19.1 Å². The Morgan fingerprint density at radius 2 is 2.00 bits per heavy atom. The zero-order valence-corrected chi connectivity index (χ0v) is 13.1. The maximum Gasteiger partial charge on any atom is 0.228 e. The van der Waals surface area contributed by atoms with Gasteiger partial charge in [0.05, 0.1) is 0 Å². The standard InChI is InChI=1S/C15H27N3O2/c1-5-19-15(8-6-7-9-15)13-17-12(20-18-13)10-11(16)14(2,3)4/h11H,5-10,16H2,1-4H3. The smallest absolute Gasteiger partial charge is 0.228 e. The molecule has 2 rings (SSSR count). The molecule has 0 saturated heterocycles. The Balaban J connectivity index is 2.12. The molecule has 0 bridgehead atoms. The van der Waals surface area contributed by atoms with E-state index in [9.17, 15) is 0 Å². The van der Waals surface area contributed by atoms with Crippen molar-refractivity contribution in [3.63, 3.8) is 0 Å². The monoisotopic (exact) mass is 281 g/mol. The second-order valence-corrected chi connectivity index (χ2v) is 6.82. The van der Waals surface area contributed by atoms with Crippen LogP contribution in [0.3, 0.4) is 0 Å². The van der Waals surface area contributed by atoms with Gasteiger partial charge in [0.15, 0.2) is 0 Å². The summed E-state index contributed by atoms with van der Waals surface area (Å²) < 4.78 is 11.3. The van der Waals surface area contributed by atoms with E-state index in [2.05, 4.69) is 30.9 Å². The molecule has 0 aromatic carbocycles. The van der Waals surface area contributed by atoms with E-state index in [1.165, 1.54) is 0 Å². The van der Waals surface area contributed by atoms with E-state index in [1.807, 2.05) is 6.92 Å². The van der Waals surface area contributed by atoms with Crippen LogP contribution in [0.4, 0.5) is 0 Å². The highest BCUT2D eigenvalue weighted by atomic mass is 16.5. The Kier molecular flexibility index (Phi) is 4.49. The number of aromatic nitrogens is 2. The second-order valence-electron chi connectivity index (χ2n) is 6.82. The minimum Gasteiger partial charge on any atom is -0.367 e. The van der Waals surface area contributed by atoms with E-state index < -0.39 is 0 Å². The van der Waals surface area contributed by atoms with Crippen molar-refractivity contribution >= 4 is 0 Å². The lowest BCUT2D eigenvalue weighted by Gasteiger charge is -2.26. The highest BCUT2D eigenvalue weighted by Gasteiger charge is 2.41. The molecule has 5 heteroatoms. The van der Waals surface area contributed by atoms with Crippen LogP contribution in [0.2, 0.25) is 0 Å². The minimum atomic E-state index is -0.331. The van der Waals surface area contributed by atoms with Crippen molar-refractivity contribution in [1.29, 1.82) is 0 Å². The molecule has 20 heavy (non-hydrogen) atoms. The molecule has 0 spiro atoms. The maximum absolute atomic E-state index is 6.18. The number of hydrogen-bond acceptors (Lipinski definition) is 5. The third-order valence-electron chi connectivity index (χ3n) is 4.21. The van der Waals surface area contributed by atoms with Crippen LogP contribution in [0.15, 0.2) is 4.52 Å². The molecule has 1 heterocycles. The molecule has 0 radical (unpaired) electrons. The molecule has 0 amide bonds. The lowest BCUT2D eigenvalue weighted by atomic mass is 9.85. The second kappa shape index (κ2) is 5.82. The third kappa shape index (κ3) is 3.20. The summed E-state index contributed by atoms with van der Waals surface area (Å²) in [6, 6.07) is 0.00224. The lowest BCUT2D eigenvalue weighted by Crippen LogP contribution is -2.37. The van der Waals surface area contributed by atoms with Crippen LogP contribution in [0.1, 0.15) is 65.1 Å². The molecule has 1 saturated carbocycles. The lowest BCUT2D eigenvalue weighted by molar-refractivity contribution is -0.0469. The van der Waals surface area contributed by atoms with E-state index in [1.54, 1.807) is 0 Å². The van der Waals surface area contributed by atoms with Crippen LogP contribution in [-0.2, 0) is 16.8 Å². The van der Waals surface area contributed by atoms with Crippen LogP contribution in [0.5, 0.6) is 0 Å². The summed E-state index contributed by atoms with van der Waals surface area (Å²) in [5, 5.41) is 4.16. The molecule has 5 nitrogen and oxygen atoms in total. The molecule has 1 fully saturated rings. The van der Waals surface area contributed by atoms with Crippen molar-refractivity contribution in [1.82, 2.24) is 10.1 Å². The quantitative estimate of drug-likeness (QED) is 0.898. The zero-order chi connectivity index (χ0) is 14.8. The minimum absolute atomic E-state index is 0.00224. The normalized spacial score (nSPS) is 20.2. The first-order valence-electron chi connectivity index (χ1n) is 7.60. The van der Waals surface area contributed by atoms with Crippen molar-refractivity contribution in [3.05, 3.63) is 11.7 Å². The number of rotatable bonds is 5. The van der Waals surface area contributed by atoms with E-state index in [0.717, 1.165) is 25.7 Å². The summed E-state index contributed by atoms with van der Waals surface area (Å²) in [7, 11) is 0. The highest BCUT2D eigenvalue weighted by Crippen LogP contribution is 2.40. The van der Waals surface area contributed by atoms with Gasteiger partial charge in [0.25, 0.3) is 0 Å². The predicted molar refractivity (Wildman–Crippen MR) is 77.2 cm³/mol. The molecule has 1 atom stereocenters. The number of nitrogens with zero attached hydrogens (tertiary/aromatic N) is 2. The Bertz CT molecular complexity index is 431. The molecule has 1 aromatic heterocycles. The summed E-state index contributed by atoms with van der Waals surface area (Å²) in [6.45, 7) is 9.04. The van der Waals surface area contributed by atoms with Crippen LogP contribution in [0.25, 0.3) is 0 Å². The van der Waals surface area contributed by atoms with E-state index in [4.69, 9.17) is 15.0 Å². The average Bonchev–Trinajstić information content (AvgIpc) is 2.98. The van der Waals surface area contributed by atoms with Gasteiger partial charge in [-0.25, -0.2) is 0 Å². The number of ether oxygens (including phenoxy) is 1. The predicted octanol–water partition coefficient (Wildman–Crippen LogP) is 2.79. The molecule has 0 aliphatic heterocycles. The van der Waals surface area contributed by atoms with E-state index in [0.29, 0.717) is 24.7 Å². The van der Waals surface area contributed by atoms with Gasteiger partial charge >= 0.3 is 0 Å². The van der Waals surface area contributed by atoms with Gasteiger partial charge in [-0.2, -0.15) is 4.98 Å². The van der Waals surface area contributed by atoms with Crippen molar-refractivity contribution in [3.8, 4) is 0 Å². The maximum atomic E-state index is 6.18. The Labute approximate surface area is 121 Å². The van der Waals surface area contributed by atoms with Crippen molar-refractivity contribution in [2.45, 2.75) is 71.4 Å². The van der Waals surface area contributed by atoms with Crippen molar-refractivity contribution < 1.29 is 9.26 Å². The molecule has 1 unspecified atom stereocenters. The molecule has 1 aliphatic carbocycles. The van der Waals surface area contributed by atoms with Crippen LogP contribution in [0, 0.1) is 5.41 Å². The summed E-state index contributed by atoms with van der Waals surface area (Å²) in [5.74, 6) is 1.32. The summed E-state index contributed by atoms with van der Waals surface area (Å²) >= 11 is 0. The first kappa shape index (κ1) is 15.4. The number of nitrogens with two attached hydrogens (primary N) is 1. The van der Waals surface area contributed by atoms with Crippen LogP contribution < -0.4 is 5.73 Å². The Morgan fingerprint density at radius 3 is 2.55 bits per heavy atom. The van der Waals surface area contributed by atoms with Gasteiger partial charge in [-0.05, 0) is 38.0 Å². The molecule has 2 N–H and O–H groups in total. The topological polar surface area (TPSA) is 74.2 Å². The summed E-state index contributed by atoms with van der Waals surface area (Å²) in [4.78, 5) is 4.55. The fourth-order valence-electron chi connectivity index (χ4n) is 2.67. The summed E-state index contributed by atoms with van der Waals surface area (Å²) in [5.41, 5.74) is 5.87. The first-order valence-corrected chi connectivity index (χ1v) is 7.60. The third-order valence-corrected chi connectivity index (χ3v) is 4.21. The van der Waals surface area contributed by atoms with Gasteiger partial charge < -0.3 is 15.0 Å². The first-order chi connectivity index (χ1) is 9.37. The van der Waals surface area contributed by atoms with Gasteiger partial charge in [0.1, 0.15) is 5.60 Å². The molecule has 114 valence electrons. The SMILES string of the molecule is CCOC1(c2noc(CC(N)C(C)(C)C)n2)CCCC1. The highest BCUT2D eigenvalue weighted by molar-refractivity contribution is 5.05. The molecule has 1 aromatic rings. The summed E-state index contributed by atoms with van der Waals surface area (Å²) in [6.07, 6.45) is 4.88. The van der Waals surface area contributed by atoms with Gasteiger partial charge in [0.2, 0.25) is 11.7 Å². The average molecular weight is 281 g/mol. The Hall–Kier alpha value is -0.940. The van der Waals surface area contributed by atoms with E-state index >= 15 is 0 Å². The van der Waals surface area contributed by atoms with Gasteiger partial charge in [-0.15, -0.1) is 0 Å². The van der Waals surface area contributed by atoms with Gasteiger partial charge in [-0.3, -0.25) is 0 Å². The fraction of sp³-hybridized carbons (Fsp3) is 0.867. The van der Waals surface area contributed by atoms with Crippen LogP contribution in [-0.4, -0.2) is 22.8 Å². The fourth-order valence-corrected chi connectivity index (χ4v) is 2.67. The molecule has 1 aliphatic rings. The van der Waals surface area contributed by atoms with Crippen molar-refractivity contribution in [2.75, 3.05) is 6.61 Å². The number of hydrogen-bond donors (Lipinski definition) is 1. The largest absolute Gasteiger partial charge is 0.367 e. The molecular formula is C15H27N3O2. The zero-order valence-electron chi connectivity index (χ0n) is 13.1. The molecular weight excluding hydrogens is 254 g/mol. The van der Waals surface area contributed by atoms with Crippen molar-refractivity contribution in [2.24, 2.45) is 11.1 Å².